The largest absolute Gasteiger partial charge is 0.467 e. The maximum atomic E-state index is 13.8. The number of benzene rings is 1. The normalized spacial score (nSPS) is 15.3. The van der Waals surface area contributed by atoms with Gasteiger partial charge in [-0.05, 0) is 38.0 Å². The lowest BCUT2D eigenvalue weighted by Gasteiger charge is -2.25. The van der Waals surface area contributed by atoms with Crippen LogP contribution in [-0.2, 0) is 6.54 Å². The van der Waals surface area contributed by atoms with Crippen LogP contribution in [0.5, 0.6) is 0 Å². The molecule has 2 amide bonds. The molecular weight excluding hydrogens is 302 g/mol. The maximum Gasteiger partial charge on any atom is 0.318 e. The number of hydrogen-bond donors (Lipinski definition) is 1. The van der Waals surface area contributed by atoms with E-state index in [4.69, 9.17) is 4.42 Å². The summed E-state index contributed by atoms with van der Waals surface area (Å²) in [6, 6.07) is 6.50. The topological polar surface area (TPSA) is 45.5 Å². The van der Waals surface area contributed by atoms with Crippen molar-refractivity contribution in [2.24, 2.45) is 0 Å². The van der Waals surface area contributed by atoms with Gasteiger partial charge in [0.1, 0.15) is 17.4 Å². The molecule has 0 spiro atoms. The summed E-state index contributed by atoms with van der Waals surface area (Å²) in [7, 11) is 0. The lowest BCUT2D eigenvalue weighted by molar-refractivity contribution is 0.186. The smallest absolute Gasteiger partial charge is 0.318 e. The summed E-state index contributed by atoms with van der Waals surface area (Å²) in [5.41, 5.74) is 0.305. The lowest BCUT2D eigenvalue weighted by atomic mass is 10.2. The molecule has 0 aliphatic heterocycles. The van der Waals surface area contributed by atoms with Gasteiger partial charge in [0.2, 0.25) is 0 Å². The molecule has 0 saturated heterocycles. The molecule has 1 saturated carbocycles. The average Bonchev–Trinajstić information content (AvgIpc) is 3.19. The van der Waals surface area contributed by atoms with Crippen LogP contribution in [0.4, 0.5) is 13.6 Å². The number of hydrogen-bond acceptors (Lipinski definition) is 2. The number of urea groups is 1. The van der Waals surface area contributed by atoms with E-state index < -0.39 is 11.6 Å². The predicted octanol–water partition coefficient (Wildman–Crippen LogP) is 3.99. The molecule has 1 aromatic carbocycles. The van der Waals surface area contributed by atoms with Crippen molar-refractivity contribution < 1.29 is 18.0 Å². The van der Waals surface area contributed by atoms with Crippen LogP contribution < -0.4 is 5.32 Å². The SMILES string of the molecule is CC(NC(=O)N(Cc1ccc(F)cc1F)C1CC1)c1ccco1. The van der Waals surface area contributed by atoms with Crippen LogP contribution in [0.25, 0.3) is 0 Å². The summed E-state index contributed by atoms with van der Waals surface area (Å²) < 4.78 is 32.1. The summed E-state index contributed by atoms with van der Waals surface area (Å²) in [6.45, 7) is 1.94. The molecule has 3 rings (SSSR count). The Hall–Kier alpha value is -2.37. The van der Waals surface area contributed by atoms with Crippen LogP contribution >= 0.6 is 0 Å². The molecule has 23 heavy (non-hydrogen) atoms. The van der Waals surface area contributed by atoms with Crippen LogP contribution in [0.1, 0.15) is 37.1 Å². The van der Waals surface area contributed by atoms with E-state index in [1.807, 2.05) is 6.92 Å². The van der Waals surface area contributed by atoms with Crippen molar-refractivity contribution in [2.45, 2.75) is 38.4 Å². The van der Waals surface area contributed by atoms with Gasteiger partial charge < -0.3 is 14.6 Å². The van der Waals surface area contributed by atoms with E-state index in [0.29, 0.717) is 11.3 Å². The number of nitrogens with one attached hydrogen (secondary N) is 1. The Morgan fingerprint density at radius 3 is 2.78 bits per heavy atom. The molecule has 1 unspecified atom stereocenters. The molecule has 1 N–H and O–H groups in total. The monoisotopic (exact) mass is 320 g/mol. The van der Waals surface area contributed by atoms with E-state index >= 15 is 0 Å². The number of furan rings is 1. The van der Waals surface area contributed by atoms with Crippen LogP contribution in [0.3, 0.4) is 0 Å². The third kappa shape index (κ3) is 3.70. The highest BCUT2D eigenvalue weighted by Crippen LogP contribution is 2.29. The minimum atomic E-state index is -0.637. The number of rotatable bonds is 5. The zero-order valence-electron chi connectivity index (χ0n) is 12.8. The van der Waals surface area contributed by atoms with Crippen molar-refractivity contribution in [3.05, 3.63) is 59.6 Å². The van der Waals surface area contributed by atoms with Crippen LogP contribution in [0.15, 0.2) is 41.0 Å². The van der Waals surface area contributed by atoms with Gasteiger partial charge in [-0.2, -0.15) is 0 Å². The molecular formula is C17H18F2N2O2. The fraction of sp³-hybridized carbons (Fsp3) is 0.353. The van der Waals surface area contributed by atoms with E-state index in [1.165, 1.54) is 12.1 Å². The van der Waals surface area contributed by atoms with Gasteiger partial charge in [0.25, 0.3) is 0 Å². The van der Waals surface area contributed by atoms with Gasteiger partial charge in [-0.3, -0.25) is 0 Å². The van der Waals surface area contributed by atoms with Crippen molar-refractivity contribution in [1.29, 1.82) is 0 Å². The molecule has 1 aromatic heterocycles. The number of nitrogens with zero attached hydrogens (tertiary/aromatic N) is 1. The quantitative estimate of drug-likeness (QED) is 0.905. The zero-order valence-corrected chi connectivity index (χ0v) is 12.8. The Morgan fingerprint density at radius 1 is 1.39 bits per heavy atom. The lowest BCUT2D eigenvalue weighted by Crippen LogP contribution is -2.42. The van der Waals surface area contributed by atoms with E-state index in [1.54, 1.807) is 23.3 Å². The third-order valence-corrected chi connectivity index (χ3v) is 3.91. The molecule has 1 aliphatic carbocycles. The predicted molar refractivity (Wildman–Crippen MR) is 80.6 cm³/mol. The molecule has 122 valence electrons. The summed E-state index contributed by atoms with van der Waals surface area (Å²) in [4.78, 5) is 14.1. The molecule has 1 fully saturated rings. The van der Waals surface area contributed by atoms with Gasteiger partial charge in [0.15, 0.2) is 0 Å². The van der Waals surface area contributed by atoms with Crippen LogP contribution in [0, 0.1) is 11.6 Å². The third-order valence-electron chi connectivity index (χ3n) is 3.91. The zero-order chi connectivity index (χ0) is 16.4. The van der Waals surface area contributed by atoms with Gasteiger partial charge in [0, 0.05) is 17.7 Å². The summed E-state index contributed by atoms with van der Waals surface area (Å²) in [5.74, 6) is -0.607. The minimum Gasteiger partial charge on any atom is -0.467 e. The second-order valence-corrected chi connectivity index (χ2v) is 5.78. The molecule has 0 radical (unpaired) electrons. The first kappa shape index (κ1) is 15.5. The molecule has 1 aliphatic rings. The molecule has 1 atom stereocenters. The summed E-state index contributed by atoms with van der Waals surface area (Å²) in [6.07, 6.45) is 3.33. The van der Waals surface area contributed by atoms with Gasteiger partial charge >= 0.3 is 6.03 Å². The summed E-state index contributed by atoms with van der Waals surface area (Å²) >= 11 is 0. The molecule has 0 bridgehead atoms. The molecule has 6 heteroatoms. The Kier molecular flexibility index (Phi) is 4.32. The second-order valence-electron chi connectivity index (χ2n) is 5.78. The summed E-state index contributed by atoms with van der Waals surface area (Å²) in [5, 5.41) is 2.85. The highest BCUT2D eigenvalue weighted by Gasteiger charge is 2.33. The highest BCUT2D eigenvalue weighted by molar-refractivity contribution is 5.75. The Bertz CT molecular complexity index is 684. The van der Waals surface area contributed by atoms with Crippen molar-refractivity contribution in [1.82, 2.24) is 10.2 Å². The first-order valence-electron chi connectivity index (χ1n) is 7.59. The Morgan fingerprint density at radius 2 is 2.17 bits per heavy atom. The van der Waals surface area contributed by atoms with Gasteiger partial charge in [-0.1, -0.05) is 6.07 Å². The number of halogens is 2. The van der Waals surface area contributed by atoms with Gasteiger partial charge in [0.05, 0.1) is 18.8 Å². The van der Waals surface area contributed by atoms with Crippen LogP contribution in [-0.4, -0.2) is 17.0 Å². The van der Waals surface area contributed by atoms with Gasteiger partial charge in [-0.15, -0.1) is 0 Å². The van der Waals surface area contributed by atoms with Gasteiger partial charge in [-0.25, -0.2) is 13.6 Å². The van der Waals surface area contributed by atoms with E-state index in [2.05, 4.69) is 5.32 Å². The first-order valence-corrected chi connectivity index (χ1v) is 7.59. The minimum absolute atomic E-state index is 0.100. The molecule has 4 nitrogen and oxygen atoms in total. The average molecular weight is 320 g/mol. The van der Waals surface area contributed by atoms with E-state index in [9.17, 15) is 13.6 Å². The van der Waals surface area contributed by atoms with Crippen LogP contribution in [0.2, 0.25) is 0 Å². The van der Waals surface area contributed by atoms with Crippen molar-refractivity contribution in [3.63, 3.8) is 0 Å². The van der Waals surface area contributed by atoms with Crippen molar-refractivity contribution >= 4 is 6.03 Å². The van der Waals surface area contributed by atoms with E-state index in [0.717, 1.165) is 18.9 Å². The molecule has 2 aromatic rings. The number of amides is 2. The fourth-order valence-electron chi connectivity index (χ4n) is 2.46. The standard InChI is InChI=1S/C17H18F2N2O2/c1-11(16-3-2-8-23-16)20-17(22)21(14-6-7-14)10-12-4-5-13(18)9-15(12)19/h2-5,8-9,11,14H,6-7,10H2,1H3,(H,20,22). The second kappa shape index (κ2) is 6.40. The first-order chi connectivity index (χ1) is 11.0. The highest BCUT2D eigenvalue weighted by atomic mass is 19.1. The number of carbonyl (C=O) groups excluding carboxylic acids is 1. The van der Waals surface area contributed by atoms with E-state index in [-0.39, 0.29) is 24.7 Å². The Labute approximate surface area is 133 Å². The Balaban J connectivity index is 1.70. The number of carbonyl (C=O) groups is 1. The van der Waals surface area contributed by atoms with Crippen molar-refractivity contribution in [2.75, 3.05) is 0 Å². The fourth-order valence-corrected chi connectivity index (χ4v) is 2.46. The van der Waals surface area contributed by atoms with Crippen molar-refractivity contribution in [3.8, 4) is 0 Å². The molecule has 1 heterocycles. The maximum absolute atomic E-state index is 13.8.